The Kier molecular flexibility index (Phi) is 6.13. The second-order valence-corrected chi connectivity index (χ2v) is 6.58. The van der Waals surface area contributed by atoms with Gasteiger partial charge in [-0.15, -0.1) is 0 Å². The van der Waals surface area contributed by atoms with Gasteiger partial charge in [0.1, 0.15) is 0 Å². The van der Waals surface area contributed by atoms with Crippen LogP contribution in [0, 0.1) is 10.1 Å². The van der Waals surface area contributed by atoms with Crippen molar-refractivity contribution in [2.45, 2.75) is 26.4 Å². The number of benzene rings is 2. The lowest BCUT2D eigenvalue weighted by atomic mass is 10.0. The Balaban J connectivity index is 1.54. The third-order valence-electron chi connectivity index (χ3n) is 4.16. The second-order valence-electron chi connectivity index (χ2n) is 6.58. The van der Waals surface area contributed by atoms with E-state index >= 15 is 0 Å². The molecule has 2 aromatic carbocycles. The first-order valence-corrected chi connectivity index (χ1v) is 8.94. The number of esters is 1. The van der Waals surface area contributed by atoms with Crippen molar-refractivity contribution in [1.29, 1.82) is 0 Å². The zero-order chi connectivity index (χ0) is 20.8. The third-order valence-corrected chi connectivity index (χ3v) is 4.16. The van der Waals surface area contributed by atoms with Crippen molar-refractivity contribution in [1.82, 2.24) is 10.1 Å². The standard InChI is InChI=1S/C21H19N3O5/c1-14(2)16-6-8-17(9-7-16)21-22-19(29-23-21)13-28-20(25)12-5-15-3-10-18(11-4-15)24(26)27/h3-12,14H,13H2,1-2H3/b12-5+. The fourth-order valence-electron chi connectivity index (χ4n) is 2.50. The molecule has 0 N–H and O–H groups in total. The van der Waals surface area contributed by atoms with Crippen LogP contribution in [0.25, 0.3) is 17.5 Å². The van der Waals surface area contributed by atoms with Gasteiger partial charge in [0, 0.05) is 23.8 Å². The van der Waals surface area contributed by atoms with Gasteiger partial charge in [0.25, 0.3) is 11.6 Å². The molecule has 3 rings (SSSR count). The maximum atomic E-state index is 11.8. The Morgan fingerprint density at radius 2 is 1.86 bits per heavy atom. The molecule has 0 fully saturated rings. The molecule has 0 atom stereocenters. The van der Waals surface area contributed by atoms with Crippen molar-refractivity contribution >= 4 is 17.7 Å². The van der Waals surface area contributed by atoms with Crippen molar-refractivity contribution in [3.8, 4) is 11.4 Å². The molecule has 8 heteroatoms. The number of nitro benzene ring substituents is 1. The normalized spacial score (nSPS) is 11.1. The summed E-state index contributed by atoms with van der Waals surface area (Å²) in [7, 11) is 0. The average molecular weight is 393 g/mol. The molecule has 29 heavy (non-hydrogen) atoms. The minimum atomic E-state index is -0.593. The van der Waals surface area contributed by atoms with Gasteiger partial charge in [-0.05, 0) is 35.3 Å². The number of hydrogen-bond acceptors (Lipinski definition) is 7. The summed E-state index contributed by atoms with van der Waals surface area (Å²) >= 11 is 0. The highest BCUT2D eigenvalue weighted by molar-refractivity contribution is 5.87. The molecule has 0 aliphatic carbocycles. The van der Waals surface area contributed by atoms with E-state index in [1.165, 1.54) is 42.0 Å². The monoisotopic (exact) mass is 393 g/mol. The highest BCUT2D eigenvalue weighted by atomic mass is 16.6. The first-order chi connectivity index (χ1) is 13.9. The Morgan fingerprint density at radius 1 is 1.17 bits per heavy atom. The fourth-order valence-corrected chi connectivity index (χ4v) is 2.50. The van der Waals surface area contributed by atoms with Gasteiger partial charge in [0.15, 0.2) is 6.61 Å². The highest BCUT2D eigenvalue weighted by Gasteiger charge is 2.11. The van der Waals surface area contributed by atoms with Gasteiger partial charge in [-0.3, -0.25) is 10.1 Å². The summed E-state index contributed by atoms with van der Waals surface area (Å²) in [5.74, 6) is 0.450. The van der Waals surface area contributed by atoms with Crippen LogP contribution in [0.15, 0.2) is 59.1 Å². The van der Waals surface area contributed by atoms with Crippen LogP contribution in [0.4, 0.5) is 5.69 Å². The number of ether oxygens (including phenoxy) is 1. The topological polar surface area (TPSA) is 108 Å². The van der Waals surface area contributed by atoms with Crippen LogP contribution in [0.2, 0.25) is 0 Å². The largest absolute Gasteiger partial charge is 0.452 e. The van der Waals surface area contributed by atoms with Gasteiger partial charge in [-0.1, -0.05) is 43.3 Å². The fraction of sp³-hybridized carbons (Fsp3) is 0.190. The number of nitro groups is 1. The Labute approximate surface area is 167 Å². The zero-order valence-electron chi connectivity index (χ0n) is 15.9. The van der Waals surface area contributed by atoms with E-state index in [0.29, 0.717) is 17.3 Å². The van der Waals surface area contributed by atoms with Gasteiger partial charge in [0.2, 0.25) is 5.82 Å². The van der Waals surface area contributed by atoms with Crippen molar-refractivity contribution in [3.63, 3.8) is 0 Å². The highest BCUT2D eigenvalue weighted by Crippen LogP contribution is 2.20. The molecule has 0 amide bonds. The van der Waals surface area contributed by atoms with Gasteiger partial charge in [-0.2, -0.15) is 4.98 Å². The van der Waals surface area contributed by atoms with E-state index in [1.807, 2.05) is 24.3 Å². The molecule has 0 aliphatic rings. The van der Waals surface area contributed by atoms with Crippen LogP contribution in [0.3, 0.4) is 0 Å². The molecule has 0 bridgehead atoms. The molecule has 0 aliphatic heterocycles. The quantitative estimate of drug-likeness (QED) is 0.251. The predicted octanol–water partition coefficient (Wildman–Crippen LogP) is 4.52. The summed E-state index contributed by atoms with van der Waals surface area (Å²) in [6.07, 6.45) is 2.73. The Bertz CT molecular complexity index is 1020. The number of carbonyl (C=O) groups excluding carboxylic acids is 1. The molecule has 0 spiro atoms. The number of rotatable bonds is 7. The summed E-state index contributed by atoms with van der Waals surface area (Å²) < 4.78 is 10.2. The van der Waals surface area contributed by atoms with E-state index in [2.05, 4.69) is 24.0 Å². The maximum absolute atomic E-state index is 11.8. The molecule has 1 aromatic heterocycles. The molecular weight excluding hydrogens is 374 g/mol. The Hall–Kier alpha value is -3.81. The first-order valence-electron chi connectivity index (χ1n) is 8.94. The average Bonchev–Trinajstić information content (AvgIpc) is 3.20. The smallest absolute Gasteiger partial charge is 0.331 e. The van der Waals surface area contributed by atoms with Crippen LogP contribution in [-0.4, -0.2) is 21.0 Å². The van der Waals surface area contributed by atoms with Gasteiger partial charge < -0.3 is 9.26 Å². The summed E-state index contributed by atoms with van der Waals surface area (Å²) in [4.78, 5) is 26.2. The van der Waals surface area contributed by atoms with Crippen LogP contribution >= 0.6 is 0 Å². The third kappa shape index (κ3) is 5.35. The molecular formula is C21H19N3O5. The number of carbonyl (C=O) groups is 1. The maximum Gasteiger partial charge on any atom is 0.331 e. The van der Waals surface area contributed by atoms with Crippen LogP contribution < -0.4 is 0 Å². The predicted molar refractivity (Wildman–Crippen MR) is 106 cm³/mol. The molecule has 0 saturated heterocycles. The number of non-ortho nitro benzene ring substituents is 1. The molecule has 0 unspecified atom stereocenters. The number of aromatic nitrogens is 2. The number of nitrogens with zero attached hydrogens (tertiary/aromatic N) is 3. The summed E-state index contributed by atoms with van der Waals surface area (Å²) in [5.41, 5.74) is 2.65. The van der Waals surface area contributed by atoms with Crippen molar-refractivity contribution in [2.75, 3.05) is 0 Å². The van der Waals surface area contributed by atoms with Crippen molar-refractivity contribution < 1.29 is 19.0 Å². The van der Waals surface area contributed by atoms with E-state index in [4.69, 9.17) is 9.26 Å². The Morgan fingerprint density at radius 3 is 2.48 bits per heavy atom. The van der Waals surface area contributed by atoms with E-state index in [9.17, 15) is 14.9 Å². The lowest BCUT2D eigenvalue weighted by molar-refractivity contribution is -0.384. The first kappa shape index (κ1) is 19.9. The molecule has 3 aromatic rings. The van der Waals surface area contributed by atoms with E-state index in [-0.39, 0.29) is 18.2 Å². The second kappa shape index (κ2) is 8.92. The number of hydrogen-bond donors (Lipinski definition) is 0. The minimum absolute atomic E-state index is 0.0178. The zero-order valence-corrected chi connectivity index (χ0v) is 15.9. The SMILES string of the molecule is CC(C)c1ccc(-c2noc(COC(=O)/C=C/c3ccc([N+](=O)[O-])cc3)n2)cc1. The van der Waals surface area contributed by atoms with Crippen LogP contribution in [-0.2, 0) is 16.1 Å². The van der Waals surface area contributed by atoms with Gasteiger partial charge in [-0.25, -0.2) is 4.79 Å². The van der Waals surface area contributed by atoms with Gasteiger partial charge >= 0.3 is 5.97 Å². The molecule has 0 radical (unpaired) electrons. The van der Waals surface area contributed by atoms with E-state index < -0.39 is 10.9 Å². The molecule has 8 nitrogen and oxygen atoms in total. The minimum Gasteiger partial charge on any atom is -0.452 e. The molecule has 1 heterocycles. The van der Waals surface area contributed by atoms with Crippen molar-refractivity contribution in [2.24, 2.45) is 0 Å². The van der Waals surface area contributed by atoms with E-state index in [0.717, 1.165) is 5.56 Å². The lowest BCUT2D eigenvalue weighted by Crippen LogP contribution is -2.01. The summed E-state index contributed by atoms with van der Waals surface area (Å²) in [6.45, 7) is 4.08. The van der Waals surface area contributed by atoms with Crippen LogP contribution in [0.1, 0.15) is 36.8 Å². The molecule has 0 saturated carbocycles. The van der Waals surface area contributed by atoms with Crippen LogP contribution in [0.5, 0.6) is 0 Å². The van der Waals surface area contributed by atoms with Crippen molar-refractivity contribution in [3.05, 3.63) is 81.7 Å². The lowest BCUT2D eigenvalue weighted by Gasteiger charge is -2.04. The summed E-state index contributed by atoms with van der Waals surface area (Å²) in [5, 5.41) is 14.5. The summed E-state index contributed by atoms with van der Waals surface area (Å²) in [6, 6.07) is 13.7. The van der Waals surface area contributed by atoms with Gasteiger partial charge in [0.05, 0.1) is 4.92 Å². The van der Waals surface area contributed by atoms with E-state index in [1.54, 1.807) is 0 Å². The molecule has 148 valence electrons.